The number of rotatable bonds is 7. The highest BCUT2D eigenvalue weighted by atomic mass is 15.1. The summed E-state index contributed by atoms with van der Waals surface area (Å²) in [5.74, 6) is 1.14. The van der Waals surface area contributed by atoms with Gasteiger partial charge in [0.1, 0.15) is 5.82 Å². The molecule has 0 aliphatic heterocycles. The molecule has 4 heteroatoms. The predicted molar refractivity (Wildman–Crippen MR) is 84.3 cm³/mol. The molecule has 1 N–H and O–H groups in total. The molecule has 4 nitrogen and oxygen atoms in total. The largest absolute Gasteiger partial charge is 0.378 e. The number of anilines is 1. The predicted octanol–water partition coefficient (Wildman–Crippen LogP) is 2.15. The van der Waals surface area contributed by atoms with E-state index in [2.05, 4.69) is 64.3 Å². The standard InChI is InChI=1S/C16H24N4/c1-17-9-4-11-20-12-10-18-16(20)13-14-5-7-15(8-6-14)19(2)3/h5-8,10,12,17H,4,9,11,13H2,1-3H3. The van der Waals surface area contributed by atoms with Crippen molar-refractivity contribution in [2.24, 2.45) is 0 Å². The minimum atomic E-state index is 0.889. The highest BCUT2D eigenvalue weighted by Crippen LogP contribution is 2.15. The molecule has 0 saturated heterocycles. The molecule has 1 aromatic heterocycles. The van der Waals surface area contributed by atoms with Crippen LogP contribution in [0.1, 0.15) is 17.8 Å². The van der Waals surface area contributed by atoms with E-state index in [1.807, 2.05) is 13.2 Å². The van der Waals surface area contributed by atoms with Gasteiger partial charge in [-0.1, -0.05) is 12.1 Å². The zero-order valence-corrected chi connectivity index (χ0v) is 12.6. The van der Waals surface area contributed by atoms with Gasteiger partial charge in [0.25, 0.3) is 0 Å². The zero-order chi connectivity index (χ0) is 14.4. The molecule has 2 aromatic rings. The third kappa shape index (κ3) is 3.84. The van der Waals surface area contributed by atoms with Crippen molar-refractivity contribution in [2.45, 2.75) is 19.4 Å². The van der Waals surface area contributed by atoms with E-state index in [0.717, 1.165) is 31.8 Å². The molecule has 0 aliphatic rings. The maximum absolute atomic E-state index is 4.48. The Hall–Kier alpha value is -1.81. The molecule has 0 unspecified atom stereocenters. The second kappa shape index (κ2) is 7.10. The minimum Gasteiger partial charge on any atom is -0.378 e. The van der Waals surface area contributed by atoms with Crippen LogP contribution in [0.25, 0.3) is 0 Å². The smallest absolute Gasteiger partial charge is 0.113 e. The quantitative estimate of drug-likeness (QED) is 0.784. The van der Waals surface area contributed by atoms with Crippen molar-refractivity contribution < 1.29 is 0 Å². The molecule has 0 fully saturated rings. The van der Waals surface area contributed by atoms with Gasteiger partial charge in [-0.05, 0) is 37.7 Å². The fourth-order valence-electron chi connectivity index (χ4n) is 2.23. The minimum absolute atomic E-state index is 0.889. The molecule has 0 spiro atoms. The molecule has 0 radical (unpaired) electrons. The first-order chi connectivity index (χ1) is 9.70. The van der Waals surface area contributed by atoms with Crippen LogP contribution in [0.3, 0.4) is 0 Å². The first-order valence-electron chi connectivity index (χ1n) is 7.11. The number of imidazole rings is 1. The number of nitrogens with zero attached hydrogens (tertiary/aromatic N) is 3. The van der Waals surface area contributed by atoms with E-state index < -0.39 is 0 Å². The summed E-state index contributed by atoms with van der Waals surface area (Å²) in [4.78, 5) is 6.59. The Morgan fingerprint density at radius 2 is 1.95 bits per heavy atom. The van der Waals surface area contributed by atoms with Gasteiger partial charge in [0.2, 0.25) is 0 Å². The zero-order valence-electron chi connectivity index (χ0n) is 12.6. The molecule has 108 valence electrons. The number of aryl methyl sites for hydroxylation is 1. The highest BCUT2D eigenvalue weighted by molar-refractivity contribution is 5.46. The lowest BCUT2D eigenvalue weighted by Gasteiger charge is -2.13. The third-order valence-corrected chi connectivity index (χ3v) is 3.44. The summed E-state index contributed by atoms with van der Waals surface area (Å²) < 4.78 is 2.25. The van der Waals surface area contributed by atoms with Gasteiger partial charge in [-0.3, -0.25) is 0 Å². The highest BCUT2D eigenvalue weighted by Gasteiger charge is 2.04. The van der Waals surface area contributed by atoms with Gasteiger partial charge in [-0.15, -0.1) is 0 Å². The van der Waals surface area contributed by atoms with Crippen molar-refractivity contribution in [3.63, 3.8) is 0 Å². The molecule has 0 amide bonds. The number of aromatic nitrogens is 2. The molecular formula is C16H24N4. The Labute approximate surface area is 121 Å². The van der Waals surface area contributed by atoms with E-state index in [4.69, 9.17) is 0 Å². The second-order valence-electron chi connectivity index (χ2n) is 5.23. The summed E-state index contributed by atoms with van der Waals surface area (Å²) in [6.07, 6.45) is 5.97. The fourth-order valence-corrected chi connectivity index (χ4v) is 2.23. The van der Waals surface area contributed by atoms with Crippen LogP contribution in [0.2, 0.25) is 0 Å². The number of nitrogens with one attached hydrogen (secondary N) is 1. The van der Waals surface area contributed by atoms with Crippen molar-refractivity contribution >= 4 is 5.69 Å². The molecule has 2 rings (SSSR count). The lowest BCUT2D eigenvalue weighted by molar-refractivity contribution is 0.594. The van der Waals surface area contributed by atoms with Gasteiger partial charge in [-0.25, -0.2) is 4.98 Å². The molecule has 0 atom stereocenters. The fraction of sp³-hybridized carbons (Fsp3) is 0.438. The van der Waals surface area contributed by atoms with Crippen LogP contribution in [0, 0.1) is 0 Å². The summed E-state index contributed by atoms with van der Waals surface area (Å²) in [5.41, 5.74) is 2.53. The first kappa shape index (κ1) is 14.6. The van der Waals surface area contributed by atoms with Crippen LogP contribution in [0.5, 0.6) is 0 Å². The summed E-state index contributed by atoms with van der Waals surface area (Å²) in [5, 5.41) is 3.18. The topological polar surface area (TPSA) is 33.1 Å². The van der Waals surface area contributed by atoms with Crippen LogP contribution in [-0.4, -0.2) is 37.2 Å². The molecule has 0 aliphatic carbocycles. The van der Waals surface area contributed by atoms with Gasteiger partial charge in [0.15, 0.2) is 0 Å². The maximum atomic E-state index is 4.48. The van der Waals surface area contributed by atoms with Crippen LogP contribution in [0.15, 0.2) is 36.7 Å². The SMILES string of the molecule is CNCCCn1ccnc1Cc1ccc(N(C)C)cc1. The van der Waals surface area contributed by atoms with Crippen molar-refractivity contribution in [1.29, 1.82) is 0 Å². The van der Waals surface area contributed by atoms with Crippen molar-refractivity contribution in [3.8, 4) is 0 Å². The van der Waals surface area contributed by atoms with Crippen LogP contribution in [0.4, 0.5) is 5.69 Å². The molecule has 0 saturated carbocycles. The number of hydrogen-bond donors (Lipinski definition) is 1. The molecule has 1 heterocycles. The van der Waals surface area contributed by atoms with Gasteiger partial charge in [-0.2, -0.15) is 0 Å². The summed E-state index contributed by atoms with van der Waals surface area (Å²) >= 11 is 0. The van der Waals surface area contributed by atoms with E-state index in [1.54, 1.807) is 0 Å². The molecule has 0 bridgehead atoms. The van der Waals surface area contributed by atoms with Crippen molar-refractivity contribution in [3.05, 3.63) is 48.0 Å². The van der Waals surface area contributed by atoms with E-state index in [1.165, 1.54) is 11.3 Å². The Bertz CT molecular complexity index is 514. The summed E-state index contributed by atoms with van der Waals surface area (Å²) in [7, 11) is 6.11. The Balaban J connectivity index is 2.00. The number of hydrogen-bond acceptors (Lipinski definition) is 3. The Morgan fingerprint density at radius 1 is 1.20 bits per heavy atom. The van der Waals surface area contributed by atoms with Crippen LogP contribution in [-0.2, 0) is 13.0 Å². The van der Waals surface area contributed by atoms with Crippen molar-refractivity contribution in [2.75, 3.05) is 32.6 Å². The molecule has 1 aromatic carbocycles. The van der Waals surface area contributed by atoms with E-state index in [-0.39, 0.29) is 0 Å². The lowest BCUT2D eigenvalue weighted by atomic mass is 10.1. The second-order valence-corrected chi connectivity index (χ2v) is 5.23. The average molecular weight is 272 g/mol. The number of benzene rings is 1. The van der Waals surface area contributed by atoms with Crippen molar-refractivity contribution in [1.82, 2.24) is 14.9 Å². The summed E-state index contributed by atoms with van der Waals surface area (Å²) in [6, 6.07) is 8.68. The molecule has 20 heavy (non-hydrogen) atoms. The van der Waals surface area contributed by atoms with E-state index in [9.17, 15) is 0 Å². The first-order valence-corrected chi connectivity index (χ1v) is 7.11. The van der Waals surface area contributed by atoms with Crippen LogP contribution >= 0.6 is 0 Å². The maximum Gasteiger partial charge on any atom is 0.113 e. The third-order valence-electron chi connectivity index (χ3n) is 3.44. The van der Waals surface area contributed by atoms with E-state index >= 15 is 0 Å². The Morgan fingerprint density at radius 3 is 2.60 bits per heavy atom. The van der Waals surface area contributed by atoms with Gasteiger partial charge >= 0.3 is 0 Å². The normalized spacial score (nSPS) is 10.8. The molecular weight excluding hydrogens is 248 g/mol. The van der Waals surface area contributed by atoms with Crippen LogP contribution < -0.4 is 10.2 Å². The lowest BCUT2D eigenvalue weighted by Crippen LogP contribution is -2.12. The van der Waals surface area contributed by atoms with E-state index in [0.29, 0.717) is 0 Å². The van der Waals surface area contributed by atoms with Gasteiger partial charge in [0, 0.05) is 45.1 Å². The Kier molecular flexibility index (Phi) is 5.18. The monoisotopic (exact) mass is 272 g/mol. The van der Waals surface area contributed by atoms with Gasteiger partial charge in [0.05, 0.1) is 0 Å². The van der Waals surface area contributed by atoms with Gasteiger partial charge < -0.3 is 14.8 Å². The average Bonchev–Trinajstić information content (AvgIpc) is 2.87. The summed E-state index contributed by atoms with van der Waals surface area (Å²) in [6.45, 7) is 2.06.